The zero-order chi connectivity index (χ0) is 13.2. The van der Waals surface area contributed by atoms with Gasteiger partial charge in [0, 0.05) is 29.1 Å². The molecule has 4 nitrogen and oxygen atoms in total. The van der Waals surface area contributed by atoms with Crippen LogP contribution in [0.3, 0.4) is 0 Å². The fourth-order valence-corrected chi connectivity index (χ4v) is 4.71. The van der Waals surface area contributed by atoms with Crippen LogP contribution in [0.4, 0.5) is 0 Å². The number of hydrogen-bond donors (Lipinski definition) is 1. The summed E-state index contributed by atoms with van der Waals surface area (Å²) in [5.74, 6) is 0. The van der Waals surface area contributed by atoms with E-state index in [2.05, 4.69) is 21.2 Å². The molecular weight excluding hydrogens is 375 g/mol. The third-order valence-corrected chi connectivity index (χ3v) is 5.92. The zero-order valence-corrected chi connectivity index (χ0v) is 14.1. The van der Waals surface area contributed by atoms with Crippen molar-refractivity contribution in [3.63, 3.8) is 0 Å². The molecule has 1 aliphatic rings. The van der Waals surface area contributed by atoms with Crippen LogP contribution < -0.4 is 5.32 Å². The Morgan fingerprint density at radius 1 is 1.26 bits per heavy atom. The number of hydrogen-bond acceptors (Lipinski definition) is 3. The third kappa shape index (κ3) is 4.06. The Hall–Kier alpha value is 0.150. The molecule has 1 N–H and O–H groups in total. The Morgan fingerprint density at radius 2 is 2.00 bits per heavy atom. The standard InChI is InChI=1S/C11H14BrClN2O2S.ClH/c12-10-8-9(13)2-3-11(10)18(16,17)15-6-1-4-14-5-7-15;/h2-3,8,14H,1,4-7H2;1H. The lowest BCUT2D eigenvalue weighted by atomic mass is 10.4. The molecule has 1 heterocycles. The number of halogens is 3. The van der Waals surface area contributed by atoms with Crippen LogP contribution in [0.1, 0.15) is 6.42 Å². The van der Waals surface area contributed by atoms with Crippen LogP contribution in [0.2, 0.25) is 5.02 Å². The van der Waals surface area contributed by atoms with E-state index in [0.29, 0.717) is 29.1 Å². The van der Waals surface area contributed by atoms with Gasteiger partial charge in [-0.25, -0.2) is 8.42 Å². The van der Waals surface area contributed by atoms with Crippen LogP contribution in [0.15, 0.2) is 27.6 Å². The van der Waals surface area contributed by atoms with Gasteiger partial charge >= 0.3 is 0 Å². The second kappa shape index (κ2) is 7.24. The van der Waals surface area contributed by atoms with Gasteiger partial charge in [-0.1, -0.05) is 11.6 Å². The van der Waals surface area contributed by atoms with Crippen LogP contribution >= 0.6 is 39.9 Å². The van der Waals surface area contributed by atoms with E-state index in [-0.39, 0.29) is 17.3 Å². The number of nitrogens with one attached hydrogen (secondary N) is 1. The van der Waals surface area contributed by atoms with Gasteiger partial charge in [-0.2, -0.15) is 4.31 Å². The van der Waals surface area contributed by atoms with Gasteiger partial charge in [0.15, 0.2) is 0 Å². The molecule has 0 radical (unpaired) electrons. The highest BCUT2D eigenvalue weighted by Gasteiger charge is 2.26. The summed E-state index contributed by atoms with van der Waals surface area (Å²) in [7, 11) is -3.44. The molecule has 0 unspecified atom stereocenters. The molecular formula is C11H15BrCl2N2O2S. The molecule has 0 amide bonds. The second-order valence-corrected chi connectivity index (χ2v) is 7.28. The number of nitrogens with zero attached hydrogens (tertiary/aromatic N) is 1. The van der Waals surface area contributed by atoms with Crippen LogP contribution in [-0.4, -0.2) is 38.9 Å². The summed E-state index contributed by atoms with van der Waals surface area (Å²) in [6.45, 7) is 2.58. The Kier molecular flexibility index (Phi) is 6.56. The Labute approximate surface area is 133 Å². The average Bonchev–Trinajstić information content (AvgIpc) is 2.57. The summed E-state index contributed by atoms with van der Waals surface area (Å²) in [4.78, 5) is 0.272. The number of rotatable bonds is 2. The van der Waals surface area contributed by atoms with Crippen LogP contribution in [0, 0.1) is 0 Å². The molecule has 0 aliphatic carbocycles. The van der Waals surface area contributed by atoms with E-state index < -0.39 is 10.0 Å². The number of benzene rings is 1. The molecule has 0 spiro atoms. The average molecular weight is 390 g/mol. The van der Waals surface area contributed by atoms with Crippen molar-refractivity contribution < 1.29 is 8.42 Å². The first-order valence-electron chi connectivity index (χ1n) is 5.68. The Morgan fingerprint density at radius 3 is 2.68 bits per heavy atom. The van der Waals surface area contributed by atoms with Crippen molar-refractivity contribution in [3.05, 3.63) is 27.7 Å². The second-order valence-electron chi connectivity index (χ2n) is 4.08. The first kappa shape index (κ1) is 17.2. The van der Waals surface area contributed by atoms with E-state index in [0.717, 1.165) is 13.0 Å². The quantitative estimate of drug-likeness (QED) is 0.845. The van der Waals surface area contributed by atoms with Crippen molar-refractivity contribution in [2.75, 3.05) is 26.2 Å². The summed E-state index contributed by atoms with van der Waals surface area (Å²) >= 11 is 9.09. The molecule has 1 aromatic carbocycles. The molecule has 0 atom stereocenters. The summed E-state index contributed by atoms with van der Waals surface area (Å²) in [6, 6.07) is 4.74. The maximum absolute atomic E-state index is 12.5. The van der Waals surface area contributed by atoms with E-state index in [4.69, 9.17) is 11.6 Å². The van der Waals surface area contributed by atoms with Crippen molar-refractivity contribution in [3.8, 4) is 0 Å². The molecule has 1 aliphatic heterocycles. The molecule has 0 saturated carbocycles. The summed E-state index contributed by atoms with van der Waals surface area (Å²) in [5, 5.41) is 3.70. The van der Waals surface area contributed by atoms with Gasteiger partial charge in [0.25, 0.3) is 0 Å². The van der Waals surface area contributed by atoms with Gasteiger partial charge in [-0.05, 0) is 47.1 Å². The van der Waals surface area contributed by atoms with Gasteiger partial charge in [-0.15, -0.1) is 12.4 Å². The minimum Gasteiger partial charge on any atom is -0.315 e. The largest absolute Gasteiger partial charge is 0.315 e. The fourth-order valence-electron chi connectivity index (χ4n) is 1.88. The summed E-state index contributed by atoms with van der Waals surface area (Å²) < 4.78 is 27.0. The number of sulfonamides is 1. The van der Waals surface area contributed by atoms with Gasteiger partial charge in [0.2, 0.25) is 10.0 Å². The van der Waals surface area contributed by atoms with Gasteiger partial charge < -0.3 is 5.32 Å². The maximum Gasteiger partial charge on any atom is 0.244 e. The normalized spacial score (nSPS) is 17.6. The van der Waals surface area contributed by atoms with E-state index in [1.54, 1.807) is 18.2 Å². The molecule has 2 rings (SSSR count). The van der Waals surface area contributed by atoms with Crippen molar-refractivity contribution in [2.24, 2.45) is 0 Å². The summed E-state index contributed by atoms with van der Waals surface area (Å²) in [5.41, 5.74) is 0. The van der Waals surface area contributed by atoms with Crippen molar-refractivity contribution in [1.29, 1.82) is 0 Å². The van der Waals surface area contributed by atoms with Crippen molar-refractivity contribution in [1.82, 2.24) is 9.62 Å². The SMILES string of the molecule is Cl.O=S(=O)(c1ccc(Cl)cc1Br)N1CCCNCC1. The highest BCUT2D eigenvalue weighted by Crippen LogP contribution is 2.28. The molecule has 8 heteroatoms. The lowest BCUT2D eigenvalue weighted by Crippen LogP contribution is -2.34. The Balaban J connectivity index is 0.00000180. The maximum atomic E-state index is 12.5. The van der Waals surface area contributed by atoms with E-state index in [1.165, 1.54) is 4.31 Å². The fraction of sp³-hybridized carbons (Fsp3) is 0.455. The summed E-state index contributed by atoms with van der Waals surface area (Å²) in [6.07, 6.45) is 0.824. The molecule has 1 aromatic rings. The lowest BCUT2D eigenvalue weighted by Gasteiger charge is -2.20. The van der Waals surface area contributed by atoms with E-state index in [9.17, 15) is 8.42 Å². The van der Waals surface area contributed by atoms with Crippen molar-refractivity contribution >= 4 is 50.0 Å². The smallest absolute Gasteiger partial charge is 0.244 e. The molecule has 108 valence electrons. The molecule has 1 fully saturated rings. The van der Waals surface area contributed by atoms with Gasteiger partial charge in [0.1, 0.15) is 0 Å². The first-order valence-corrected chi connectivity index (χ1v) is 8.29. The molecule has 1 saturated heterocycles. The topological polar surface area (TPSA) is 49.4 Å². The van der Waals surface area contributed by atoms with E-state index in [1.807, 2.05) is 0 Å². The zero-order valence-electron chi connectivity index (χ0n) is 10.1. The monoisotopic (exact) mass is 388 g/mol. The van der Waals surface area contributed by atoms with E-state index >= 15 is 0 Å². The van der Waals surface area contributed by atoms with Crippen LogP contribution in [0.25, 0.3) is 0 Å². The minimum atomic E-state index is -3.44. The molecule has 0 bridgehead atoms. The molecule has 19 heavy (non-hydrogen) atoms. The predicted molar refractivity (Wildman–Crippen MR) is 82.6 cm³/mol. The highest BCUT2D eigenvalue weighted by atomic mass is 79.9. The van der Waals surface area contributed by atoms with Gasteiger partial charge in [0.05, 0.1) is 4.90 Å². The minimum absolute atomic E-state index is 0. The molecule has 0 aromatic heterocycles. The van der Waals surface area contributed by atoms with Crippen LogP contribution in [0.5, 0.6) is 0 Å². The lowest BCUT2D eigenvalue weighted by molar-refractivity contribution is 0.431. The highest BCUT2D eigenvalue weighted by molar-refractivity contribution is 9.10. The predicted octanol–water partition coefficient (Wildman–Crippen LogP) is 2.51. The van der Waals surface area contributed by atoms with Gasteiger partial charge in [-0.3, -0.25) is 0 Å². The first-order chi connectivity index (χ1) is 8.51. The third-order valence-electron chi connectivity index (χ3n) is 2.81. The Bertz CT molecular complexity index is 531. The van der Waals surface area contributed by atoms with Crippen LogP contribution in [-0.2, 0) is 10.0 Å². The van der Waals surface area contributed by atoms with Crippen molar-refractivity contribution in [2.45, 2.75) is 11.3 Å².